The van der Waals surface area contributed by atoms with Gasteiger partial charge in [0.05, 0.1) is 16.3 Å². The first-order chi connectivity index (χ1) is 16.8. The maximum Gasteiger partial charge on any atom is 0.243 e. The van der Waals surface area contributed by atoms with Gasteiger partial charge in [-0.2, -0.15) is 4.31 Å². The van der Waals surface area contributed by atoms with E-state index in [1.54, 1.807) is 0 Å². The van der Waals surface area contributed by atoms with E-state index in [1.807, 2.05) is 36.1 Å². The van der Waals surface area contributed by atoms with Gasteiger partial charge >= 0.3 is 0 Å². The molecule has 1 unspecified atom stereocenters. The molecule has 1 amide bonds. The second-order valence-corrected chi connectivity index (χ2v) is 11.0. The number of anilines is 1. The molecule has 184 valence electrons. The van der Waals surface area contributed by atoms with Crippen LogP contribution in [-0.2, 0) is 14.8 Å². The molecule has 0 N–H and O–H groups in total. The van der Waals surface area contributed by atoms with Crippen molar-refractivity contribution >= 4 is 32.7 Å². The summed E-state index contributed by atoms with van der Waals surface area (Å²) in [5, 5.41) is 0.992. The quantitative estimate of drug-likeness (QED) is 0.551. The number of fused-ring (bicyclic) bond motifs is 1. The lowest BCUT2D eigenvalue weighted by Crippen LogP contribution is -2.53. The van der Waals surface area contributed by atoms with E-state index < -0.39 is 15.8 Å². The van der Waals surface area contributed by atoms with Crippen LogP contribution in [0.1, 0.15) is 18.7 Å². The van der Waals surface area contributed by atoms with Crippen LogP contribution in [0.25, 0.3) is 10.9 Å². The minimum Gasteiger partial charge on any atom is -0.352 e. The average Bonchev–Trinajstić information content (AvgIpc) is 2.88. The molecule has 5 rings (SSSR count). The number of hydrogen-bond donors (Lipinski definition) is 0. The topological polar surface area (TPSA) is 86.7 Å². The number of aryl methyl sites for hydroxylation is 1. The van der Waals surface area contributed by atoms with E-state index in [9.17, 15) is 17.6 Å². The Kier molecular flexibility index (Phi) is 6.41. The molecule has 2 aliphatic heterocycles. The molecule has 2 saturated heterocycles. The van der Waals surface area contributed by atoms with Crippen LogP contribution in [0, 0.1) is 18.7 Å². The highest BCUT2D eigenvalue weighted by Gasteiger charge is 2.36. The second kappa shape index (κ2) is 9.50. The van der Waals surface area contributed by atoms with E-state index in [1.165, 1.54) is 16.4 Å². The van der Waals surface area contributed by atoms with E-state index in [0.29, 0.717) is 51.4 Å². The fraction of sp³-hybridized carbons (Fsp3) is 0.400. The zero-order valence-electron chi connectivity index (χ0n) is 19.6. The molecule has 0 spiro atoms. The Bertz CT molecular complexity index is 1340. The van der Waals surface area contributed by atoms with Crippen molar-refractivity contribution in [3.63, 3.8) is 0 Å². The molecule has 2 aliphatic rings. The molecular weight excluding hydrogens is 469 g/mol. The first-order valence-electron chi connectivity index (χ1n) is 11.9. The number of carbonyl (C=O) groups excluding carboxylic acids is 1. The van der Waals surface area contributed by atoms with Crippen molar-refractivity contribution in [1.82, 2.24) is 19.2 Å². The van der Waals surface area contributed by atoms with E-state index in [4.69, 9.17) is 0 Å². The number of benzene rings is 2. The Morgan fingerprint density at radius 3 is 2.43 bits per heavy atom. The normalized spacial score (nSPS) is 19.8. The first-order valence-corrected chi connectivity index (χ1v) is 13.3. The number of nitrogens with zero attached hydrogens (tertiary/aromatic N) is 5. The summed E-state index contributed by atoms with van der Waals surface area (Å²) in [5.41, 5.74) is 0.901. The molecule has 3 heterocycles. The Morgan fingerprint density at radius 2 is 1.69 bits per heavy atom. The molecule has 0 saturated carbocycles. The third kappa shape index (κ3) is 4.72. The summed E-state index contributed by atoms with van der Waals surface area (Å²) in [5.74, 6) is 0.719. The molecule has 10 heteroatoms. The van der Waals surface area contributed by atoms with Crippen LogP contribution in [0.4, 0.5) is 10.2 Å². The predicted molar refractivity (Wildman–Crippen MR) is 131 cm³/mol. The van der Waals surface area contributed by atoms with Crippen molar-refractivity contribution in [3.05, 3.63) is 60.2 Å². The summed E-state index contributed by atoms with van der Waals surface area (Å²) in [4.78, 5) is 26.6. The first kappa shape index (κ1) is 23.6. The van der Waals surface area contributed by atoms with E-state index in [-0.39, 0.29) is 23.3 Å². The highest BCUT2D eigenvalue weighted by atomic mass is 32.2. The molecule has 3 aromatic rings. The standard InChI is InChI=1S/C25H28FN5O3S/c1-18-27-23-7-3-2-6-22(23)24(28-18)29-13-15-30(16-14-29)25(32)19-5-4-12-31(17-19)35(33,34)21-10-8-20(26)9-11-21/h2-3,6-11,19H,4-5,12-17H2,1H3. The maximum absolute atomic E-state index is 13.3. The number of piperidine rings is 1. The minimum absolute atomic E-state index is 0.00705. The number of aromatic nitrogens is 2. The van der Waals surface area contributed by atoms with E-state index >= 15 is 0 Å². The monoisotopic (exact) mass is 497 g/mol. The Balaban J connectivity index is 1.25. The summed E-state index contributed by atoms with van der Waals surface area (Å²) in [6.45, 7) is 4.79. The van der Waals surface area contributed by atoms with Crippen LogP contribution in [0.2, 0.25) is 0 Å². The van der Waals surface area contributed by atoms with Crippen molar-refractivity contribution in [2.24, 2.45) is 5.92 Å². The molecule has 2 fully saturated rings. The van der Waals surface area contributed by atoms with Gasteiger partial charge in [0.1, 0.15) is 17.5 Å². The molecule has 0 bridgehead atoms. The van der Waals surface area contributed by atoms with Crippen LogP contribution in [0.3, 0.4) is 0 Å². The highest BCUT2D eigenvalue weighted by Crippen LogP contribution is 2.28. The Hall–Kier alpha value is -3.11. The molecule has 0 radical (unpaired) electrons. The lowest BCUT2D eigenvalue weighted by molar-refractivity contribution is -0.137. The number of halogens is 1. The third-order valence-electron chi connectivity index (χ3n) is 6.77. The van der Waals surface area contributed by atoms with Crippen LogP contribution in [0.5, 0.6) is 0 Å². The molecule has 35 heavy (non-hydrogen) atoms. The summed E-state index contributed by atoms with van der Waals surface area (Å²) in [7, 11) is -3.77. The fourth-order valence-corrected chi connectivity index (χ4v) is 6.45. The van der Waals surface area contributed by atoms with Gasteiger partial charge < -0.3 is 9.80 Å². The van der Waals surface area contributed by atoms with Gasteiger partial charge in [0.25, 0.3) is 0 Å². The smallest absolute Gasteiger partial charge is 0.243 e. The molecule has 1 atom stereocenters. The molecule has 8 nitrogen and oxygen atoms in total. The van der Waals surface area contributed by atoms with Gasteiger partial charge in [0, 0.05) is 44.7 Å². The van der Waals surface area contributed by atoms with Gasteiger partial charge in [-0.05, 0) is 56.2 Å². The molecular formula is C25H28FN5O3S. The molecule has 0 aliphatic carbocycles. The summed E-state index contributed by atoms with van der Waals surface area (Å²) in [6, 6.07) is 12.7. The number of carbonyl (C=O) groups is 1. The van der Waals surface area contributed by atoms with Gasteiger partial charge in [0.15, 0.2) is 0 Å². The van der Waals surface area contributed by atoms with Crippen molar-refractivity contribution in [2.75, 3.05) is 44.2 Å². The van der Waals surface area contributed by atoms with Crippen LogP contribution in [0.15, 0.2) is 53.4 Å². The van der Waals surface area contributed by atoms with Crippen LogP contribution in [-0.4, -0.2) is 72.8 Å². The lowest BCUT2D eigenvalue weighted by atomic mass is 9.97. The number of para-hydroxylation sites is 1. The Labute approximate surface area is 204 Å². The largest absolute Gasteiger partial charge is 0.352 e. The number of amides is 1. The van der Waals surface area contributed by atoms with Gasteiger partial charge in [0.2, 0.25) is 15.9 Å². The molecule has 2 aromatic carbocycles. The maximum atomic E-state index is 13.3. The van der Waals surface area contributed by atoms with Gasteiger partial charge in [-0.1, -0.05) is 12.1 Å². The van der Waals surface area contributed by atoms with Gasteiger partial charge in [-0.15, -0.1) is 0 Å². The number of rotatable bonds is 4. The number of hydrogen-bond acceptors (Lipinski definition) is 6. The lowest BCUT2D eigenvalue weighted by Gasteiger charge is -2.39. The third-order valence-corrected chi connectivity index (χ3v) is 8.65. The summed E-state index contributed by atoms with van der Waals surface area (Å²) < 4.78 is 40.7. The Morgan fingerprint density at radius 1 is 0.971 bits per heavy atom. The van der Waals surface area contributed by atoms with Crippen molar-refractivity contribution in [2.45, 2.75) is 24.7 Å². The predicted octanol–water partition coefficient (Wildman–Crippen LogP) is 2.83. The zero-order chi connectivity index (χ0) is 24.6. The fourth-order valence-electron chi connectivity index (χ4n) is 4.93. The zero-order valence-corrected chi connectivity index (χ0v) is 20.4. The highest BCUT2D eigenvalue weighted by molar-refractivity contribution is 7.89. The average molecular weight is 498 g/mol. The van der Waals surface area contributed by atoms with Crippen molar-refractivity contribution < 1.29 is 17.6 Å². The van der Waals surface area contributed by atoms with Crippen LogP contribution < -0.4 is 4.90 Å². The number of piperazine rings is 1. The van der Waals surface area contributed by atoms with Gasteiger partial charge in [-0.3, -0.25) is 4.79 Å². The van der Waals surface area contributed by atoms with Crippen molar-refractivity contribution in [3.8, 4) is 0 Å². The SMILES string of the molecule is Cc1nc(N2CCN(C(=O)C3CCCN(S(=O)(=O)c4ccc(F)cc4)C3)CC2)c2ccccc2n1. The molecule has 1 aromatic heterocycles. The summed E-state index contributed by atoms with van der Waals surface area (Å²) in [6.07, 6.45) is 1.27. The van der Waals surface area contributed by atoms with E-state index in [2.05, 4.69) is 14.9 Å². The minimum atomic E-state index is -3.77. The second-order valence-electron chi connectivity index (χ2n) is 9.08. The van der Waals surface area contributed by atoms with E-state index in [0.717, 1.165) is 28.9 Å². The van der Waals surface area contributed by atoms with Gasteiger partial charge in [-0.25, -0.2) is 22.8 Å². The van der Waals surface area contributed by atoms with Crippen LogP contribution >= 0.6 is 0 Å². The summed E-state index contributed by atoms with van der Waals surface area (Å²) >= 11 is 0. The number of sulfonamides is 1. The van der Waals surface area contributed by atoms with Crippen molar-refractivity contribution in [1.29, 1.82) is 0 Å².